The number of likely N-dealkylation sites (N-methyl/N-ethyl adjacent to an activating group) is 1. The Bertz CT molecular complexity index is 782. The van der Waals surface area contributed by atoms with Gasteiger partial charge >= 0.3 is 0 Å². The highest BCUT2D eigenvalue weighted by atomic mass is 32.1. The maximum absolute atomic E-state index is 5.79. The van der Waals surface area contributed by atoms with Crippen molar-refractivity contribution in [2.75, 3.05) is 20.6 Å². The minimum absolute atomic E-state index is 0.202. The summed E-state index contributed by atoms with van der Waals surface area (Å²) in [5.74, 6) is 1.84. The summed E-state index contributed by atoms with van der Waals surface area (Å²) in [6.45, 7) is 4.09. The second-order valence-corrected chi connectivity index (χ2v) is 7.40. The number of furan rings is 1. The Hall–Kier alpha value is -2.15. The number of hydrogen-bond acceptors (Lipinski definition) is 6. The lowest BCUT2D eigenvalue weighted by molar-refractivity contribution is 0.250. The molecule has 1 N–H and O–H groups in total. The molecule has 6 heteroatoms. The van der Waals surface area contributed by atoms with Gasteiger partial charge in [0, 0.05) is 18.5 Å². The summed E-state index contributed by atoms with van der Waals surface area (Å²) in [4.78, 5) is 6.79. The first-order valence-corrected chi connectivity index (χ1v) is 9.53. The number of rotatable bonds is 9. The number of thiazole rings is 1. The minimum atomic E-state index is 0.202. The molecule has 2 aromatic heterocycles. The van der Waals surface area contributed by atoms with E-state index in [4.69, 9.17) is 9.15 Å². The third kappa shape index (κ3) is 5.17. The summed E-state index contributed by atoms with van der Waals surface area (Å²) in [6.07, 6.45) is 1.71. The van der Waals surface area contributed by atoms with Crippen LogP contribution in [0.4, 0.5) is 0 Å². The lowest BCUT2D eigenvalue weighted by Gasteiger charge is -2.22. The second-order valence-electron chi connectivity index (χ2n) is 6.46. The van der Waals surface area contributed by atoms with Crippen LogP contribution in [0.5, 0.6) is 5.75 Å². The highest BCUT2D eigenvalue weighted by Gasteiger charge is 2.16. The highest BCUT2D eigenvalue weighted by Crippen LogP contribution is 2.19. The molecule has 1 unspecified atom stereocenters. The molecule has 1 atom stereocenters. The molecule has 5 nitrogen and oxygen atoms in total. The summed E-state index contributed by atoms with van der Waals surface area (Å²) in [6, 6.07) is 12.2. The van der Waals surface area contributed by atoms with Crippen molar-refractivity contribution in [2.24, 2.45) is 0 Å². The van der Waals surface area contributed by atoms with Crippen LogP contribution in [-0.2, 0) is 13.2 Å². The molecule has 1 aromatic carbocycles. The van der Waals surface area contributed by atoms with Crippen molar-refractivity contribution in [2.45, 2.75) is 26.1 Å². The number of hydrogen-bond donors (Lipinski definition) is 1. The van der Waals surface area contributed by atoms with Crippen molar-refractivity contribution in [3.63, 3.8) is 0 Å². The fourth-order valence-electron chi connectivity index (χ4n) is 2.63. The molecule has 26 heavy (non-hydrogen) atoms. The number of ether oxygens (including phenoxy) is 1. The molecule has 0 amide bonds. The zero-order chi connectivity index (χ0) is 18.4. The Morgan fingerprint density at radius 1 is 1.23 bits per heavy atom. The number of aromatic nitrogens is 1. The Labute approximate surface area is 158 Å². The summed E-state index contributed by atoms with van der Waals surface area (Å²) in [5, 5.41) is 6.53. The van der Waals surface area contributed by atoms with Crippen molar-refractivity contribution >= 4 is 11.3 Å². The number of nitrogens with zero attached hydrogens (tertiary/aromatic N) is 2. The van der Waals surface area contributed by atoms with Crippen LogP contribution in [0.1, 0.15) is 28.1 Å². The van der Waals surface area contributed by atoms with E-state index in [0.29, 0.717) is 6.61 Å². The van der Waals surface area contributed by atoms with Gasteiger partial charge in [0.05, 0.1) is 18.0 Å². The van der Waals surface area contributed by atoms with Crippen LogP contribution in [0.3, 0.4) is 0 Å². The largest absolute Gasteiger partial charge is 0.486 e. The SMILES string of the molecule is Cc1ccc(OCc2nc(CNCC(c3ccco3)N(C)C)cs2)cc1. The predicted molar refractivity (Wildman–Crippen MR) is 104 cm³/mol. The molecule has 0 fully saturated rings. The molecule has 0 radical (unpaired) electrons. The van der Waals surface area contributed by atoms with E-state index in [2.05, 4.69) is 41.6 Å². The highest BCUT2D eigenvalue weighted by molar-refractivity contribution is 7.09. The average molecular weight is 372 g/mol. The Kier molecular flexibility index (Phi) is 6.44. The van der Waals surface area contributed by atoms with E-state index in [1.54, 1.807) is 17.6 Å². The first-order chi connectivity index (χ1) is 12.6. The van der Waals surface area contributed by atoms with Gasteiger partial charge in [-0.2, -0.15) is 0 Å². The van der Waals surface area contributed by atoms with Crippen LogP contribution in [0, 0.1) is 6.92 Å². The quantitative estimate of drug-likeness (QED) is 0.616. The smallest absolute Gasteiger partial charge is 0.140 e. The standard InChI is InChI=1S/C20H25N3O2S/c1-15-6-8-17(9-7-15)25-13-20-22-16(14-26-20)11-21-12-18(23(2)3)19-5-4-10-24-19/h4-10,14,18,21H,11-13H2,1-3H3. The first-order valence-electron chi connectivity index (χ1n) is 8.65. The molecule has 3 aromatic rings. The van der Waals surface area contributed by atoms with Gasteiger partial charge in [-0.15, -0.1) is 11.3 Å². The fourth-order valence-corrected chi connectivity index (χ4v) is 3.34. The van der Waals surface area contributed by atoms with Gasteiger partial charge in [0.25, 0.3) is 0 Å². The maximum atomic E-state index is 5.79. The Balaban J connectivity index is 1.46. The third-order valence-electron chi connectivity index (χ3n) is 4.12. The van der Waals surface area contributed by atoms with Gasteiger partial charge in [-0.1, -0.05) is 17.7 Å². The van der Waals surface area contributed by atoms with Gasteiger partial charge in [-0.25, -0.2) is 4.98 Å². The normalized spacial score (nSPS) is 12.5. The molecular weight excluding hydrogens is 346 g/mol. The molecule has 0 spiro atoms. The fraction of sp³-hybridized carbons (Fsp3) is 0.350. The van der Waals surface area contributed by atoms with Gasteiger partial charge in [0.2, 0.25) is 0 Å². The topological polar surface area (TPSA) is 50.5 Å². The van der Waals surface area contributed by atoms with Gasteiger partial charge in [-0.3, -0.25) is 4.90 Å². The zero-order valence-corrected chi connectivity index (χ0v) is 16.3. The summed E-state index contributed by atoms with van der Waals surface area (Å²) in [5.41, 5.74) is 2.26. The lowest BCUT2D eigenvalue weighted by atomic mass is 10.2. The molecule has 2 heterocycles. The molecule has 0 aliphatic heterocycles. The summed E-state index contributed by atoms with van der Waals surface area (Å²) in [7, 11) is 4.11. The minimum Gasteiger partial charge on any atom is -0.486 e. The van der Waals surface area contributed by atoms with Crippen LogP contribution in [0.2, 0.25) is 0 Å². The van der Waals surface area contributed by atoms with Gasteiger partial charge < -0.3 is 14.5 Å². The van der Waals surface area contributed by atoms with E-state index in [1.165, 1.54) is 5.56 Å². The molecule has 0 saturated carbocycles. The predicted octanol–water partition coefficient (Wildman–Crippen LogP) is 4.02. The van der Waals surface area contributed by atoms with E-state index < -0.39 is 0 Å². The van der Waals surface area contributed by atoms with Gasteiger partial charge in [0.15, 0.2) is 0 Å². The molecule has 138 valence electrons. The molecule has 0 aliphatic carbocycles. The average Bonchev–Trinajstić information content (AvgIpc) is 3.30. The maximum Gasteiger partial charge on any atom is 0.140 e. The Morgan fingerprint density at radius 2 is 2.04 bits per heavy atom. The number of aryl methyl sites for hydroxylation is 1. The first kappa shape index (κ1) is 18.6. The van der Waals surface area contributed by atoms with Crippen molar-refractivity contribution in [3.05, 3.63) is 70.1 Å². The van der Waals surface area contributed by atoms with Crippen LogP contribution < -0.4 is 10.1 Å². The van der Waals surface area contributed by atoms with E-state index in [9.17, 15) is 0 Å². The number of nitrogens with one attached hydrogen (secondary N) is 1. The van der Waals surface area contributed by atoms with Crippen molar-refractivity contribution in [1.82, 2.24) is 15.2 Å². The number of benzene rings is 1. The monoisotopic (exact) mass is 371 g/mol. The summed E-state index contributed by atoms with van der Waals surface area (Å²) >= 11 is 1.63. The summed E-state index contributed by atoms with van der Waals surface area (Å²) < 4.78 is 11.3. The third-order valence-corrected chi connectivity index (χ3v) is 4.99. The van der Waals surface area contributed by atoms with E-state index in [1.807, 2.05) is 36.4 Å². The van der Waals surface area contributed by atoms with E-state index in [0.717, 1.165) is 35.3 Å². The van der Waals surface area contributed by atoms with Crippen LogP contribution in [0.25, 0.3) is 0 Å². The van der Waals surface area contributed by atoms with Crippen LogP contribution in [0.15, 0.2) is 52.5 Å². The molecule has 0 saturated heterocycles. The van der Waals surface area contributed by atoms with Crippen LogP contribution in [-0.4, -0.2) is 30.5 Å². The molecule has 0 aliphatic rings. The molecular formula is C20H25N3O2S. The Morgan fingerprint density at radius 3 is 2.73 bits per heavy atom. The van der Waals surface area contributed by atoms with Crippen molar-refractivity contribution in [1.29, 1.82) is 0 Å². The van der Waals surface area contributed by atoms with Gasteiger partial charge in [0.1, 0.15) is 23.1 Å². The van der Waals surface area contributed by atoms with Crippen LogP contribution >= 0.6 is 11.3 Å². The second kappa shape index (κ2) is 8.98. The van der Waals surface area contributed by atoms with Crippen molar-refractivity contribution < 1.29 is 9.15 Å². The molecule has 3 rings (SSSR count). The van der Waals surface area contributed by atoms with E-state index >= 15 is 0 Å². The van der Waals surface area contributed by atoms with Gasteiger partial charge in [-0.05, 0) is 45.3 Å². The zero-order valence-electron chi connectivity index (χ0n) is 15.4. The van der Waals surface area contributed by atoms with E-state index in [-0.39, 0.29) is 6.04 Å². The van der Waals surface area contributed by atoms with Crippen molar-refractivity contribution in [3.8, 4) is 5.75 Å². The lowest BCUT2D eigenvalue weighted by Crippen LogP contribution is -2.30. The molecule has 0 bridgehead atoms.